The molecule has 4 N–H and O–H groups in total. The summed E-state index contributed by atoms with van der Waals surface area (Å²) in [6.45, 7) is 1.46. The molecule has 1 aromatic carbocycles. The highest BCUT2D eigenvalue weighted by Crippen LogP contribution is 2.18. The third-order valence-corrected chi connectivity index (χ3v) is 2.14. The van der Waals surface area contributed by atoms with Gasteiger partial charge in [-0.3, -0.25) is 4.79 Å². The number of carbonyl (C=O) groups excluding carboxylic acids is 1. The van der Waals surface area contributed by atoms with Crippen LogP contribution in [0.5, 0.6) is 0 Å². The molecule has 0 bridgehead atoms. The maximum absolute atomic E-state index is 11.0. The molecule has 6 heteroatoms. The lowest BCUT2D eigenvalue weighted by atomic mass is 10.2. The Balaban J connectivity index is 2.13. The Labute approximate surface area is 104 Å². The van der Waals surface area contributed by atoms with E-state index in [0.717, 1.165) is 11.4 Å². The van der Waals surface area contributed by atoms with Gasteiger partial charge in [-0.15, -0.1) is 10.2 Å². The zero-order valence-corrected chi connectivity index (χ0v) is 9.84. The van der Waals surface area contributed by atoms with E-state index >= 15 is 0 Å². The van der Waals surface area contributed by atoms with Gasteiger partial charge in [0.05, 0.1) is 0 Å². The van der Waals surface area contributed by atoms with E-state index in [-0.39, 0.29) is 5.91 Å². The number of amides is 1. The molecule has 1 heterocycles. The first kappa shape index (κ1) is 11.8. The molecule has 18 heavy (non-hydrogen) atoms. The van der Waals surface area contributed by atoms with Crippen molar-refractivity contribution in [1.82, 2.24) is 10.2 Å². The van der Waals surface area contributed by atoms with Gasteiger partial charge >= 0.3 is 0 Å². The van der Waals surface area contributed by atoms with E-state index in [1.54, 1.807) is 24.3 Å². The van der Waals surface area contributed by atoms with E-state index in [1.165, 1.54) is 6.92 Å². The predicted molar refractivity (Wildman–Crippen MR) is 70.5 cm³/mol. The summed E-state index contributed by atoms with van der Waals surface area (Å²) >= 11 is 0. The molecule has 0 saturated heterocycles. The molecule has 0 unspecified atom stereocenters. The Morgan fingerprint density at radius 2 is 1.94 bits per heavy atom. The fraction of sp³-hybridized carbons (Fsp3) is 0.0833. The summed E-state index contributed by atoms with van der Waals surface area (Å²) in [6, 6.07) is 10.7. The van der Waals surface area contributed by atoms with Crippen LogP contribution in [0.25, 0.3) is 0 Å². The van der Waals surface area contributed by atoms with Crippen molar-refractivity contribution in [1.29, 1.82) is 0 Å². The zero-order valence-electron chi connectivity index (χ0n) is 9.84. The molecular weight excluding hydrogens is 230 g/mol. The number of nitrogen functional groups attached to an aromatic ring is 1. The van der Waals surface area contributed by atoms with Crippen molar-refractivity contribution in [3.05, 3.63) is 36.4 Å². The molecule has 2 rings (SSSR count). The van der Waals surface area contributed by atoms with Crippen LogP contribution in [0.15, 0.2) is 36.4 Å². The van der Waals surface area contributed by atoms with E-state index in [0.29, 0.717) is 11.6 Å². The van der Waals surface area contributed by atoms with Crippen LogP contribution in [-0.2, 0) is 4.79 Å². The molecule has 0 atom stereocenters. The highest BCUT2D eigenvalue weighted by Gasteiger charge is 1.99. The Morgan fingerprint density at radius 1 is 1.17 bits per heavy atom. The van der Waals surface area contributed by atoms with Crippen LogP contribution in [0.1, 0.15) is 6.92 Å². The van der Waals surface area contributed by atoms with Crippen LogP contribution in [0.4, 0.5) is 23.0 Å². The molecule has 0 spiro atoms. The molecule has 6 nitrogen and oxygen atoms in total. The van der Waals surface area contributed by atoms with Gasteiger partial charge in [0.15, 0.2) is 5.82 Å². The standard InChI is InChI=1S/C12H13N5O/c1-8(18)14-9-3-2-4-10(7-9)15-12-6-5-11(13)16-17-12/h2-7H,1H3,(H2,13,16)(H,14,18)(H,15,17). The van der Waals surface area contributed by atoms with Gasteiger partial charge in [0.2, 0.25) is 5.91 Å². The Hall–Kier alpha value is -2.63. The monoisotopic (exact) mass is 243 g/mol. The van der Waals surface area contributed by atoms with Gasteiger partial charge in [0.1, 0.15) is 5.82 Å². The first-order valence-corrected chi connectivity index (χ1v) is 5.37. The third-order valence-electron chi connectivity index (χ3n) is 2.14. The minimum atomic E-state index is -0.112. The maximum Gasteiger partial charge on any atom is 0.221 e. The second-order valence-corrected chi connectivity index (χ2v) is 3.73. The average Bonchev–Trinajstić information content (AvgIpc) is 2.32. The van der Waals surface area contributed by atoms with Crippen LogP contribution in [0.3, 0.4) is 0 Å². The largest absolute Gasteiger partial charge is 0.382 e. The molecule has 0 saturated carbocycles. The lowest BCUT2D eigenvalue weighted by Crippen LogP contribution is -2.06. The first-order valence-electron chi connectivity index (χ1n) is 5.37. The number of benzene rings is 1. The average molecular weight is 243 g/mol. The van der Waals surface area contributed by atoms with Crippen LogP contribution >= 0.6 is 0 Å². The van der Waals surface area contributed by atoms with E-state index in [4.69, 9.17) is 5.73 Å². The highest BCUT2D eigenvalue weighted by atomic mass is 16.1. The number of carbonyl (C=O) groups is 1. The fourth-order valence-electron chi connectivity index (χ4n) is 1.44. The van der Waals surface area contributed by atoms with Crippen LogP contribution in [0, 0.1) is 0 Å². The van der Waals surface area contributed by atoms with Crippen LogP contribution in [-0.4, -0.2) is 16.1 Å². The minimum Gasteiger partial charge on any atom is -0.382 e. The number of aromatic nitrogens is 2. The summed E-state index contributed by atoms with van der Waals surface area (Å²) < 4.78 is 0. The molecule has 0 aliphatic heterocycles. The lowest BCUT2D eigenvalue weighted by molar-refractivity contribution is -0.114. The van der Waals surface area contributed by atoms with Gasteiger partial charge < -0.3 is 16.4 Å². The van der Waals surface area contributed by atoms with Crippen LogP contribution < -0.4 is 16.4 Å². The summed E-state index contributed by atoms with van der Waals surface area (Å²) in [5.74, 6) is 0.844. The van der Waals surface area contributed by atoms with Gasteiger partial charge in [-0.2, -0.15) is 0 Å². The second kappa shape index (κ2) is 5.13. The molecule has 2 aromatic rings. The number of anilines is 4. The smallest absolute Gasteiger partial charge is 0.221 e. The number of nitrogens with one attached hydrogen (secondary N) is 2. The molecule has 1 amide bonds. The second-order valence-electron chi connectivity index (χ2n) is 3.73. The number of nitrogens with zero attached hydrogens (tertiary/aromatic N) is 2. The molecule has 0 radical (unpaired) electrons. The molecule has 92 valence electrons. The molecule has 0 aliphatic carbocycles. The maximum atomic E-state index is 11.0. The van der Waals surface area contributed by atoms with Crippen molar-refractivity contribution in [3.63, 3.8) is 0 Å². The SMILES string of the molecule is CC(=O)Nc1cccc(Nc2ccc(N)nn2)c1. The van der Waals surface area contributed by atoms with Crippen molar-refractivity contribution in [2.45, 2.75) is 6.92 Å². The number of nitrogens with two attached hydrogens (primary N) is 1. The zero-order chi connectivity index (χ0) is 13.0. The first-order chi connectivity index (χ1) is 8.63. The van der Waals surface area contributed by atoms with Crippen molar-refractivity contribution >= 4 is 28.9 Å². The Bertz CT molecular complexity index is 553. The van der Waals surface area contributed by atoms with E-state index in [1.807, 2.05) is 12.1 Å². The summed E-state index contributed by atoms with van der Waals surface area (Å²) in [5.41, 5.74) is 6.97. The van der Waals surface area contributed by atoms with Crippen molar-refractivity contribution in [3.8, 4) is 0 Å². The molecule has 0 fully saturated rings. The molecular formula is C12H13N5O. The predicted octanol–water partition coefficient (Wildman–Crippen LogP) is 1.76. The minimum absolute atomic E-state index is 0.112. The quantitative estimate of drug-likeness (QED) is 0.763. The molecule has 1 aromatic heterocycles. The Kier molecular flexibility index (Phi) is 3.38. The van der Waals surface area contributed by atoms with Crippen molar-refractivity contribution < 1.29 is 4.79 Å². The van der Waals surface area contributed by atoms with Gasteiger partial charge in [-0.1, -0.05) is 6.07 Å². The number of rotatable bonds is 3. The van der Waals surface area contributed by atoms with Crippen molar-refractivity contribution in [2.75, 3.05) is 16.4 Å². The normalized spacial score (nSPS) is 9.83. The highest BCUT2D eigenvalue weighted by molar-refractivity contribution is 5.89. The summed E-state index contributed by atoms with van der Waals surface area (Å²) in [4.78, 5) is 11.0. The Morgan fingerprint density at radius 3 is 2.61 bits per heavy atom. The van der Waals surface area contributed by atoms with E-state index in [9.17, 15) is 4.79 Å². The third kappa shape index (κ3) is 3.18. The van der Waals surface area contributed by atoms with E-state index in [2.05, 4.69) is 20.8 Å². The lowest BCUT2D eigenvalue weighted by Gasteiger charge is -2.07. The van der Waals surface area contributed by atoms with Gasteiger partial charge in [0.25, 0.3) is 0 Å². The summed E-state index contributed by atoms with van der Waals surface area (Å²) in [6.07, 6.45) is 0. The van der Waals surface area contributed by atoms with Gasteiger partial charge in [-0.05, 0) is 30.3 Å². The topological polar surface area (TPSA) is 92.9 Å². The van der Waals surface area contributed by atoms with Crippen molar-refractivity contribution in [2.24, 2.45) is 0 Å². The number of hydrogen-bond donors (Lipinski definition) is 3. The molecule has 0 aliphatic rings. The van der Waals surface area contributed by atoms with Gasteiger partial charge in [-0.25, -0.2) is 0 Å². The fourth-order valence-corrected chi connectivity index (χ4v) is 1.44. The summed E-state index contributed by atoms with van der Waals surface area (Å²) in [7, 11) is 0. The number of hydrogen-bond acceptors (Lipinski definition) is 5. The van der Waals surface area contributed by atoms with Gasteiger partial charge in [0, 0.05) is 18.3 Å². The summed E-state index contributed by atoms with van der Waals surface area (Å²) in [5, 5.41) is 13.4. The van der Waals surface area contributed by atoms with E-state index < -0.39 is 0 Å². The van der Waals surface area contributed by atoms with Crippen LogP contribution in [0.2, 0.25) is 0 Å².